The molecule has 0 spiro atoms. The molecule has 2 heteroatoms. The van der Waals surface area contributed by atoms with Crippen LogP contribution in [0, 0.1) is 0 Å². The van der Waals surface area contributed by atoms with E-state index >= 15 is 0 Å². The summed E-state index contributed by atoms with van der Waals surface area (Å²) in [5.74, 6) is 0.749. The van der Waals surface area contributed by atoms with Crippen molar-refractivity contribution in [1.29, 1.82) is 0 Å². The van der Waals surface area contributed by atoms with E-state index in [1.807, 2.05) is 36.4 Å². The molecule has 0 bridgehead atoms. The van der Waals surface area contributed by atoms with E-state index in [9.17, 15) is 0 Å². The van der Waals surface area contributed by atoms with Gasteiger partial charge in [-0.25, -0.2) is 0 Å². The maximum Gasteiger partial charge on any atom is 0.0394 e. The van der Waals surface area contributed by atoms with Gasteiger partial charge in [0.1, 0.15) is 0 Å². The lowest BCUT2D eigenvalue weighted by molar-refractivity contribution is 1.68. The molecule has 1 nitrogen and oxygen atoms in total. The van der Waals surface area contributed by atoms with Gasteiger partial charge in [0, 0.05) is 16.8 Å². The van der Waals surface area contributed by atoms with Crippen molar-refractivity contribution >= 4 is 35.2 Å². The van der Waals surface area contributed by atoms with Crippen LogP contribution >= 0.6 is 12.6 Å². The maximum atomic E-state index is 5.91. The SMILES string of the molecule is Nc1ccc(C=CCS)c2ccccc12. The first-order valence-electron chi connectivity index (χ1n) is 4.87. The van der Waals surface area contributed by atoms with Crippen molar-refractivity contribution in [2.45, 2.75) is 0 Å². The van der Waals surface area contributed by atoms with Crippen LogP contribution in [0.5, 0.6) is 0 Å². The Hall–Kier alpha value is -1.41. The van der Waals surface area contributed by atoms with E-state index < -0.39 is 0 Å². The van der Waals surface area contributed by atoms with Crippen LogP contribution in [0.15, 0.2) is 42.5 Å². The molecule has 0 aliphatic rings. The number of fused-ring (bicyclic) bond motifs is 1. The Morgan fingerprint density at radius 3 is 2.53 bits per heavy atom. The average Bonchev–Trinajstić information content (AvgIpc) is 2.29. The van der Waals surface area contributed by atoms with Gasteiger partial charge in [-0.3, -0.25) is 0 Å². The number of nitrogens with two attached hydrogens (primary N) is 1. The predicted molar refractivity (Wildman–Crippen MR) is 71.2 cm³/mol. The van der Waals surface area contributed by atoms with Gasteiger partial charge < -0.3 is 5.73 Å². The van der Waals surface area contributed by atoms with Crippen LogP contribution in [-0.4, -0.2) is 5.75 Å². The summed E-state index contributed by atoms with van der Waals surface area (Å²) in [7, 11) is 0. The summed E-state index contributed by atoms with van der Waals surface area (Å²) >= 11 is 4.15. The Balaban J connectivity index is 2.66. The molecule has 76 valence electrons. The monoisotopic (exact) mass is 215 g/mol. The van der Waals surface area contributed by atoms with Gasteiger partial charge in [0.2, 0.25) is 0 Å². The first-order chi connectivity index (χ1) is 7.33. The van der Waals surface area contributed by atoms with Crippen molar-refractivity contribution in [3.8, 4) is 0 Å². The third-order valence-corrected chi connectivity index (χ3v) is 2.61. The third kappa shape index (κ3) is 2.00. The Bertz CT molecular complexity index is 503. The first-order valence-corrected chi connectivity index (χ1v) is 5.51. The fourth-order valence-electron chi connectivity index (χ4n) is 1.67. The molecule has 0 saturated heterocycles. The second kappa shape index (κ2) is 4.41. The molecule has 0 radical (unpaired) electrons. The van der Waals surface area contributed by atoms with Gasteiger partial charge in [0.25, 0.3) is 0 Å². The highest BCUT2D eigenvalue weighted by Gasteiger charge is 1.99. The van der Waals surface area contributed by atoms with E-state index in [0.29, 0.717) is 0 Å². The topological polar surface area (TPSA) is 26.0 Å². The van der Waals surface area contributed by atoms with Gasteiger partial charge in [0.05, 0.1) is 0 Å². The summed E-state index contributed by atoms with van der Waals surface area (Å²) in [6.07, 6.45) is 4.11. The van der Waals surface area contributed by atoms with E-state index in [1.54, 1.807) is 0 Å². The molecule has 2 aromatic carbocycles. The van der Waals surface area contributed by atoms with E-state index in [2.05, 4.69) is 24.8 Å². The summed E-state index contributed by atoms with van der Waals surface area (Å²) < 4.78 is 0. The fourth-order valence-corrected chi connectivity index (χ4v) is 1.78. The molecule has 0 aliphatic carbocycles. The third-order valence-electron chi connectivity index (χ3n) is 2.39. The van der Waals surface area contributed by atoms with Crippen molar-refractivity contribution in [3.63, 3.8) is 0 Å². The minimum Gasteiger partial charge on any atom is -0.398 e. The van der Waals surface area contributed by atoms with E-state index in [-0.39, 0.29) is 0 Å². The second-order valence-electron chi connectivity index (χ2n) is 3.37. The lowest BCUT2D eigenvalue weighted by Gasteiger charge is -2.04. The standard InChI is InChI=1S/C13H13NS/c14-13-8-7-10(4-3-9-15)11-5-1-2-6-12(11)13/h1-8,15H,9,14H2. The minimum atomic E-state index is 0.749. The van der Waals surface area contributed by atoms with Crippen molar-refractivity contribution < 1.29 is 0 Å². The zero-order valence-corrected chi connectivity index (χ0v) is 9.24. The summed E-state index contributed by atoms with van der Waals surface area (Å²) in [6.45, 7) is 0. The molecule has 0 aliphatic heterocycles. The molecule has 0 saturated carbocycles. The molecule has 0 aromatic heterocycles. The van der Waals surface area contributed by atoms with Gasteiger partial charge in [-0.1, -0.05) is 42.5 Å². The van der Waals surface area contributed by atoms with Crippen LogP contribution in [-0.2, 0) is 0 Å². The van der Waals surface area contributed by atoms with E-state index in [4.69, 9.17) is 5.73 Å². The molecular weight excluding hydrogens is 202 g/mol. The number of rotatable bonds is 2. The van der Waals surface area contributed by atoms with Crippen LogP contribution in [0.25, 0.3) is 16.8 Å². The van der Waals surface area contributed by atoms with Crippen LogP contribution in [0.1, 0.15) is 5.56 Å². The lowest BCUT2D eigenvalue weighted by atomic mass is 10.0. The zero-order valence-electron chi connectivity index (χ0n) is 8.35. The minimum absolute atomic E-state index is 0.749. The van der Waals surface area contributed by atoms with Crippen LogP contribution < -0.4 is 5.73 Å². The molecule has 2 rings (SSSR count). The normalized spacial score (nSPS) is 11.3. The average molecular weight is 215 g/mol. The number of thiol groups is 1. The predicted octanol–water partition coefficient (Wildman–Crippen LogP) is 3.37. The summed E-state index contributed by atoms with van der Waals surface area (Å²) in [5.41, 5.74) is 7.93. The van der Waals surface area contributed by atoms with Crippen molar-refractivity contribution in [1.82, 2.24) is 0 Å². The van der Waals surface area contributed by atoms with Gasteiger partial charge >= 0.3 is 0 Å². The molecule has 0 heterocycles. The molecule has 2 aromatic rings. The van der Waals surface area contributed by atoms with E-state index in [0.717, 1.165) is 16.8 Å². The van der Waals surface area contributed by atoms with Crippen LogP contribution in [0.4, 0.5) is 5.69 Å². The number of nitrogen functional groups attached to an aromatic ring is 1. The van der Waals surface area contributed by atoms with Crippen LogP contribution in [0.2, 0.25) is 0 Å². The molecule has 0 fully saturated rings. The van der Waals surface area contributed by atoms with Gasteiger partial charge in [-0.15, -0.1) is 0 Å². The molecule has 0 atom stereocenters. The fraction of sp³-hybridized carbons (Fsp3) is 0.0769. The van der Waals surface area contributed by atoms with Crippen molar-refractivity contribution in [2.75, 3.05) is 11.5 Å². The Labute approximate surface area is 95.0 Å². The highest BCUT2D eigenvalue weighted by molar-refractivity contribution is 7.80. The Kier molecular flexibility index (Phi) is 2.97. The molecule has 15 heavy (non-hydrogen) atoms. The van der Waals surface area contributed by atoms with Crippen molar-refractivity contribution in [3.05, 3.63) is 48.0 Å². The number of hydrogen-bond donors (Lipinski definition) is 2. The second-order valence-corrected chi connectivity index (χ2v) is 3.74. The highest BCUT2D eigenvalue weighted by atomic mass is 32.1. The number of anilines is 1. The first kappa shape index (κ1) is 10.1. The Morgan fingerprint density at radius 2 is 1.80 bits per heavy atom. The number of benzene rings is 2. The smallest absolute Gasteiger partial charge is 0.0394 e. The Morgan fingerprint density at radius 1 is 1.07 bits per heavy atom. The maximum absolute atomic E-state index is 5.91. The quantitative estimate of drug-likeness (QED) is 0.583. The molecule has 0 amide bonds. The van der Waals surface area contributed by atoms with Gasteiger partial charge in [-0.2, -0.15) is 12.6 Å². The molecule has 2 N–H and O–H groups in total. The van der Waals surface area contributed by atoms with E-state index in [1.165, 1.54) is 10.9 Å². The summed E-state index contributed by atoms with van der Waals surface area (Å²) in [6, 6.07) is 12.1. The molecular formula is C13H13NS. The lowest BCUT2D eigenvalue weighted by Crippen LogP contribution is -1.88. The largest absolute Gasteiger partial charge is 0.398 e. The summed E-state index contributed by atoms with van der Waals surface area (Å²) in [5, 5.41) is 2.30. The zero-order chi connectivity index (χ0) is 10.7. The van der Waals surface area contributed by atoms with Gasteiger partial charge in [-0.05, 0) is 17.0 Å². The highest BCUT2D eigenvalue weighted by Crippen LogP contribution is 2.25. The number of hydrogen-bond acceptors (Lipinski definition) is 2. The van der Waals surface area contributed by atoms with Crippen LogP contribution in [0.3, 0.4) is 0 Å². The summed E-state index contributed by atoms with van der Waals surface area (Å²) in [4.78, 5) is 0. The van der Waals surface area contributed by atoms with Crippen molar-refractivity contribution in [2.24, 2.45) is 0 Å². The molecule has 0 unspecified atom stereocenters. The van der Waals surface area contributed by atoms with Gasteiger partial charge in [0.15, 0.2) is 0 Å².